The maximum absolute atomic E-state index is 12.7. The van der Waals surface area contributed by atoms with Gasteiger partial charge in [0.15, 0.2) is 0 Å². The molecule has 0 aromatic heterocycles. The van der Waals surface area contributed by atoms with E-state index in [0.29, 0.717) is 35.7 Å². The molecule has 140 valence electrons. The van der Waals surface area contributed by atoms with Gasteiger partial charge in [-0.25, -0.2) is 8.42 Å². The Bertz CT molecular complexity index is 865. The molecular formula is C18H23N3O4S. The normalized spacial score (nSPS) is 11.0. The van der Waals surface area contributed by atoms with Gasteiger partial charge in [0.25, 0.3) is 10.0 Å². The number of hydrogen-bond donors (Lipinski definition) is 3. The van der Waals surface area contributed by atoms with Crippen molar-refractivity contribution in [2.45, 2.75) is 24.7 Å². The van der Waals surface area contributed by atoms with Gasteiger partial charge in [-0.2, -0.15) is 0 Å². The Hall–Kier alpha value is -2.58. The summed E-state index contributed by atoms with van der Waals surface area (Å²) in [6.07, 6.45) is 0.860. The maximum atomic E-state index is 12.7. The zero-order valence-electron chi connectivity index (χ0n) is 14.8. The molecule has 0 aliphatic heterocycles. The van der Waals surface area contributed by atoms with Crippen molar-refractivity contribution in [3.8, 4) is 5.75 Å². The number of carbonyl (C=O) groups is 1. The molecule has 2 aromatic carbocycles. The first kappa shape index (κ1) is 19.7. The summed E-state index contributed by atoms with van der Waals surface area (Å²) in [5.41, 5.74) is 6.81. The first-order valence-corrected chi connectivity index (χ1v) is 9.61. The van der Waals surface area contributed by atoms with Crippen molar-refractivity contribution in [3.05, 3.63) is 48.0 Å². The molecule has 0 radical (unpaired) electrons. The number of aryl methyl sites for hydroxylation is 1. The zero-order valence-corrected chi connectivity index (χ0v) is 15.6. The Morgan fingerprint density at radius 2 is 1.77 bits per heavy atom. The molecule has 0 bridgehead atoms. The highest BCUT2D eigenvalue weighted by molar-refractivity contribution is 7.92. The van der Waals surface area contributed by atoms with Gasteiger partial charge in [-0.05, 0) is 61.9 Å². The first-order chi connectivity index (χ1) is 12.4. The molecule has 2 aromatic rings. The number of nitrogens with two attached hydrogens (primary N) is 1. The molecule has 0 aliphatic rings. The molecular weight excluding hydrogens is 354 g/mol. The van der Waals surface area contributed by atoms with Crippen molar-refractivity contribution in [2.24, 2.45) is 5.73 Å². The van der Waals surface area contributed by atoms with E-state index in [4.69, 9.17) is 10.5 Å². The number of hydrogen-bond acceptors (Lipinski definition) is 5. The fourth-order valence-corrected chi connectivity index (χ4v) is 3.65. The molecule has 0 unspecified atom stereocenters. The molecule has 4 N–H and O–H groups in total. The van der Waals surface area contributed by atoms with E-state index in [1.807, 2.05) is 0 Å². The molecule has 7 nitrogen and oxygen atoms in total. The summed E-state index contributed by atoms with van der Waals surface area (Å²) in [5, 5.41) is 2.69. The molecule has 1 amide bonds. The zero-order chi connectivity index (χ0) is 19.2. The maximum Gasteiger partial charge on any atom is 0.262 e. The van der Waals surface area contributed by atoms with Gasteiger partial charge in [-0.15, -0.1) is 0 Å². The minimum Gasteiger partial charge on any atom is -0.497 e. The standard InChI is InChI=1S/C18H23N3O4S/c1-13-5-6-15(20-18(22)4-3-11-19)12-17(13)26(23,24)21-14-7-9-16(25-2)10-8-14/h5-10,12,21H,3-4,11,19H2,1-2H3,(H,20,22). The lowest BCUT2D eigenvalue weighted by Gasteiger charge is -2.13. The van der Waals surface area contributed by atoms with Gasteiger partial charge >= 0.3 is 0 Å². The summed E-state index contributed by atoms with van der Waals surface area (Å²) in [4.78, 5) is 11.9. The number of rotatable bonds is 8. The Labute approximate surface area is 153 Å². The topological polar surface area (TPSA) is 111 Å². The lowest BCUT2D eigenvalue weighted by Crippen LogP contribution is -2.16. The average molecular weight is 377 g/mol. The van der Waals surface area contributed by atoms with E-state index in [1.54, 1.807) is 43.3 Å². The molecule has 0 saturated heterocycles. The van der Waals surface area contributed by atoms with Crippen LogP contribution in [0.15, 0.2) is 47.4 Å². The lowest BCUT2D eigenvalue weighted by atomic mass is 10.2. The molecule has 8 heteroatoms. The number of anilines is 2. The van der Waals surface area contributed by atoms with Crippen molar-refractivity contribution >= 4 is 27.3 Å². The molecule has 26 heavy (non-hydrogen) atoms. The minimum absolute atomic E-state index is 0.102. The van der Waals surface area contributed by atoms with Crippen molar-refractivity contribution in [2.75, 3.05) is 23.7 Å². The van der Waals surface area contributed by atoms with Crippen LogP contribution in [0.2, 0.25) is 0 Å². The monoisotopic (exact) mass is 377 g/mol. The lowest BCUT2D eigenvalue weighted by molar-refractivity contribution is -0.116. The van der Waals surface area contributed by atoms with E-state index < -0.39 is 10.0 Å². The Morgan fingerprint density at radius 3 is 2.38 bits per heavy atom. The smallest absolute Gasteiger partial charge is 0.262 e. The fourth-order valence-electron chi connectivity index (χ4n) is 2.32. The summed E-state index contributed by atoms with van der Waals surface area (Å²) in [7, 11) is -2.26. The van der Waals surface area contributed by atoms with Crippen LogP contribution in [0.25, 0.3) is 0 Å². The second kappa shape index (κ2) is 8.68. The number of nitrogens with one attached hydrogen (secondary N) is 2. The molecule has 0 saturated carbocycles. The largest absolute Gasteiger partial charge is 0.497 e. The summed E-state index contributed by atoms with van der Waals surface area (Å²) >= 11 is 0. The Kier molecular flexibility index (Phi) is 6.59. The van der Waals surface area contributed by atoms with Crippen molar-refractivity contribution < 1.29 is 17.9 Å². The quantitative estimate of drug-likeness (QED) is 0.654. The van der Waals surface area contributed by atoms with Crippen LogP contribution in [0, 0.1) is 6.92 Å². The molecule has 0 aliphatic carbocycles. The van der Waals surface area contributed by atoms with Crippen LogP contribution in [-0.4, -0.2) is 28.0 Å². The van der Waals surface area contributed by atoms with Crippen LogP contribution >= 0.6 is 0 Å². The van der Waals surface area contributed by atoms with Crippen LogP contribution in [0.5, 0.6) is 5.75 Å². The predicted octanol–water partition coefficient (Wildman–Crippen LogP) is 2.48. The van der Waals surface area contributed by atoms with Gasteiger partial charge < -0.3 is 15.8 Å². The predicted molar refractivity (Wildman–Crippen MR) is 102 cm³/mol. The van der Waals surface area contributed by atoms with Crippen molar-refractivity contribution in [3.63, 3.8) is 0 Å². The third kappa shape index (κ3) is 5.21. The first-order valence-electron chi connectivity index (χ1n) is 8.13. The number of ether oxygens (including phenoxy) is 1. The third-order valence-corrected chi connectivity index (χ3v) is 5.23. The summed E-state index contributed by atoms with van der Waals surface area (Å²) in [6.45, 7) is 2.12. The number of amides is 1. The number of carbonyl (C=O) groups excluding carboxylic acids is 1. The van der Waals surface area contributed by atoms with Gasteiger partial charge in [0.1, 0.15) is 5.75 Å². The van der Waals surface area contributed by atoms with Gasteiger partial charge in [0, 0.05) is 17.8 Å². The second-order valence-corrected chi connectivity index (χ2v) is 7.41. The molecule has 0 atom stereocenters. The van der Waals surface area contributed by atoms with Crippen molar-refractivity contribution in [1.29, 1.82) is 0 Å². The average Bonchev–Trinajstić information content (AvgIpc) is 2.61. The molecule has 0 spiro atoms. The molecule has 2 rings (SSSR count). The summed E-state index contributed by atoms with van der Waals surface area (Å²) in [6, 6.07) is 11.3. The summed E-state index contributed by atoms with van der Waals surface area (Å²) < 4.78 is 33.0. The van der Waals surface area contributed by atoms with Gasteiger partial charge in [-0.3, -0.25) is 9.52 Å². The molecule has 0 fully saturated rings. The van der Waals surface area contributed by atoms with Crippen LogP contribution in [-0.2, 0) is 14.8 Å². The minimum atomic E-state index is -3.80. The van der Waals surface area contributed by atoms with Crippen LogP contribution in [0.4, 0.5) is 11.4 Å². The SMILES string of the molecule is COc1ccc(NS(=O)(=O)c2cc(NC(=O)CCCN)ccc2C)cc1. The Balaban J connectivity index is 2.21. The van der Waals surface area contributed by atoms with E-state index in [-0.39, 0.29) is 17.2 Å². The highest BCUT2D eigenvalue weighted by Gasteiger charge is 2.18. The molecule has 0 heterocycles. The van der Waals surface area contributed by atoms with Crippen LogP contribution < -0.4 is 20.5 Å². The highest BCUT2D eigenvalue weighted by Crippen LogP contribution is 2.24. The highest BCUT2D eigenvalue weighted by atomic mass is 32.2. The number of methoxy groups -OCH3 is 1. The van der Waals surface area contributed by atoms with E-state index >= 15 is 0 Å². The second-order valence-electron chi connectivity index (χ2n) is 5.75. The van der Waals surface area contributed by atoms with E-state index in [2.05, 4.69) is 10.0 Å². The fraction of sp³-hybridized carbons (Fsp3) is 0.278. The Morgan fingerprint density at radius 1 is 1.12 bits per heavy atom. The van der Waals surface area contributed by atoms with Gasteiger partial charge in [0.05, 0.1) is 12.0 Å². The van der Waals surface area contributed by atoms with Crippen LogP contribution in [0.3, 0.4) is 0 Å². The third-order valence-electron chi connectivity index (χ3n) is 3.71. The van der Waals surface area contributed by atoms with E-state index in [1.165, 1.54) is 13.2 Å². The van der Waals surface area contributed by atoms with E-state index in [9.17, 15) is 13.2 Å². The van der Waals surface area contributed by atoms with E-state index in [0.717, 1.165) is 0 Å². The number of benzene rings is 2. The van der Waals surface area contributed by atoms with Gasteiger partial charge in [-0.1, -0.05) is 6.07 Å². The summed E-state index contributed by atoms with van der Waals surface area (Å²) in [5.74, 6) is 0.428. The van der Waals surface area contributed by atoms with Crippen molar-refractivity contribution in [1.82, 2.24) is 0 Å². The number of sulfonamides is 1. The van der Waals surface area contributed by atoms with Crippen LogP contribution in [0.1, 0.15) is 18.4 Å². The van der Waals surface area contributed by atoms with Gasteiger partial charge in [0.2, 0.25) is 5.91 Å².